The van der Waals surface area contributed by atoms with Crippen LogP contribution >= 0.6 is 0 Å². The maximum atomic E-state index is 11.0. The fraction of sp³-hybridized carbons (Fsp3) is 0.300. The predicted molar refractivity (Wildman–Crippen MR) is 49.8 cm³/mol. The summed E-state index contributed by atoms with van der Waals surface area (Å²) in [6, 6.07) is 6.40. The first-order chi connectivity index (χ1) is 6.77. The number of benzene rings is 1. The minimum absolute atomic E-state index is 0.174. The smallest absolute Gasteiger partial charge is 0.202 e. The summed E-state index contributed by atoms with van der Waals surface area (Å²) in [5, 5.41) is 12.1. The van der Waals surface area contributed by atoms with Crippen molar-refractivity contribution in [1.82, 2.24) is 5.32 Å². The van der Waals surface area contributed by atoms with Crippen LogP contribution in [0.4, 0.5) is 0 Å². The fourth-order valence-corrected chi connectivity index (χ4v) is 1.54. The van der Waals surface area contributed by atoms with Gasteiger partial charge in [0.2, 0.25) is 5.72 Å². The Morgan fingerprint density at radius 3 is 2.64 bits per heavy atom. The Hall–Kier alpha value is -1.39. The van der Waals surface area contributed by atoms with Gasteiger partial charge in [0, 0.05) is 12.1 Å². The molecule has 1 aromatic rings. The molecule has 1 aliphatic heterocycles. The topological polar surface area (TPSA) is 58.6 Å². The van der Waals surface area contributed by atoms with E-state index in [4.69, 9.17) is 9.84 Å². The Labute approximate surface area is 81.5 Å². The van der Waals surface area contributed by atoms with Crippen molar-refractivity contribution in [3.8, 4) is 5.75 Å². The first kappa shape index (κ1) is 9.18. The second-order valence-electron chi connectivity index (χ2n) is 3.18. The van der Waals surface area contributed by atoms with Gasteiger partial charge in [0.05, 0.1) is 6.61 Å². The average molecular weight is 193 g/mol. The molecule has 4 nitrogen and oxygen atoms in total. The van der Waals surface area contributed by atoms with E-state index in [1.54, 1.807) is 12.1 Å². The van der Waals surface area contributed by atoms with Gasteiger partial charge in [0.1, 0.15) is 5.75 Å². The Morgan fingerprint density at radius 2 is 2.14 bits per heavy atom. The zero-order chi connectivity index (χ0) is 10.0. The van der Waals surface area contributed by atoms with E-state index >= 15 is 0 Å². The van der Waals surface area contributed by atoms with Crippen LogP contribution in [0, 0.1) is 0 Å². The van der Waals surface area contributed by atoms with Gasteiger partial charge >= 0.3 is 0 Å². The summed E-state index contributed by atoms with van der Waals surface area (Å²) < 4.78 is 5.35. The van der Waals surface area contributed by atoms with Gasteiger partial charge in [0.25, 0.3) is 0 Å². The van der Waals surface area contributed by atoms with Crippen molar-refractivity contribution >= 4 is 6.29 Å². The van der Waals surface area contributed by atoms with Crippen molar-refractivity contribution in [2.75, 3.05) is 13.2 Å². The van der Waals surface area contributed by atoms with Gasteiger partial charge in [-0.3, -0.25) is 10.1 Å². The monoisotopic (exact) mass is 193 g/mol. The molecular weight excluding hydrogens is 182 g/mol. The van der Waals surface area contributed by atoms with Gasteiger partial charge in [-0.2, -0.15) is 0 Å². The predicted octanol–water partition coefficient (Wildman–Crippen LogP) is 0.364. The lowest BCUT2D eigenvalue weighted by Gasteiger charge is -2.22. The SMILES string of the molecule is O=CC1(c2ccc(O)cc2)NCCO1. The third kappa shape index (κ3) is 1.38. The van der Waals surface area contributed by atoms with Crippen LogP contribution in [0.5, 0.6) is 5.75 Å². The molecule has 1 aromatic carbocycles. The van der Waals surface area contributed by atoms with Gasteiger partial charge in [-0.25, -0.2) is 0 Å². The number of aromatic hydroxyl groups is 1. The first-order valence-corrected chi connectivity index (χ1v) is 4.42. The molecule has 0 bridgehead atoms. The van der Waals surface area contributed by atoms with Crippen molar-refractivity contribution in [3.63, 3.8) is 0 Å². The fourth-order valence-electron chi connectivity index (χ4n) is 1.54. The number of carbonyl (C=O) groups is 1. The van der Waals surface area contributed by atoms with Crippen LogP contribution in [-0.2, 0) is 15.3 Å². The normalized spacial score (nSPS) is 26.3. The molecule has 2 rings (SSSR count). The van der Waals surface area contributed by atoms with Crippen LogP contribution in [0.1, 0.15) is 5.56 Å². The van der Waals surface area contributed by atoms with Gasteiger partial charge in [-0.05, 0) is 12.1 Å². The van der Waals surface area contributed by atoms with Crippen molar-refractivity contribution < 1.29 is 14.6 Å². The molecule has 0 aromatic heterocycles. The second-order valence-corrected chi connectivity index (χ2v) is 3.18. The molecule has 1 saturated heterocycles. The molecule has 1 atom stereocenters. The number of phenols is 1. The van der Waals surface area contributed by atoms with Crippen LogP contribution in [0.2, 0.25) is 0 Å². The molecule has 74 valence electrons. The van der Waals surface area contributed by atoms with Gasteiger partial charge in [-0.15, -0.1) is 0 Å². The number of phenolic OH excluding ortho intramolecular Hbond substituents is 1. The minimum Gasteiger partial charge on any atom is -0.508 e. The van der Waals surface area contributed by atoms with E-state index < -0.39 is 5.72 Å². The highest BCUT2D eigenvalue weighted by Gasteiger charge is 2.36. The van der Waals surface area contributed by atoms with E-state index in [9.17, 15) is 4.79 Å². The molecule has 1 aliphatic rings. The second kappa shape index (κ2) is 3.40. The third-order valence-corrected chi connectivity index (χ3v) is 2.28. The number of hydrogen-bond donors (Lipinski definition) is 2. The maximum absolute atomic E-state index is 11.0. The van der Waals surface area contributed by atoms with E-state index in [0.717, 1.165) is 6.29 Å². The van der Waals surface area contributed by atoms with Crippen molar-refractivity contribution in [1.29, 1.82) is 0 Å². The summed E-state index contributed by atoms with van der Waals surface area (Å²) in [5.41, 5.74) is -0.309. The third-order valence-electron chi connectivity index (χ3n) is 2.28. The zero-order valence-electron chi connectivity index (χ0n) is 7.56. The van der Waals surface area contributed by atoms with Crippen molar-refractivity contribution in [3.05, 3.63) is 29.8 Å². The highest BCUT2D eigenvalue weighted by atomic mass is 16.5. The van der Waals surface area contributed by atoms with Crippen LogP contribution < -0.4 is 5.32 Å². The quantitative estimate of drug-likeness (QED) is 0.666. The first-order valence-electron chi connectivity index (χ1n) is 4.42. The Kier molecular flexibility index (Phi) is 2.23. The van der Waals surface area contributed by atoms with Gasteiger partial charge in [-0.1, -0.05) is 12.1 Å². The van der Waals surface area contributed by atoms with E-state index in [1.165, 1.54) is 12.1 Å². The number of rotatable bonds is 2. The number of hydrogen-bond acceptors (Lipinski definition) is 4. The van der Waals surface area contributed by atoms with Crippen molar-refractivity contribution in [2.45, 2.75) is 5.72 Å². The van der Waals surface area contributed by atoms with Crippen LogP contribution in [0.3, 0.4) is 0 Å². The highest BCUT2D eigenvalue weighted by Crippen LogP contribution is 2.25. The maximum Gasteiger partial charge on any atom is 0.202 e. The summed E-state index contributed by atoms with van der Waals surface area (Å²) in [7, 11) is 0. The van der Waals surface area contributed by atoms with Crippen LogP contribution in [0.25, 0.3) is 0 Å². The molecule has 4 heteroatoms. The minimum atomic E-state index is -1.02. The lowest BCUT2D eigenvalue weighted by atomic mass is 10.0. The number of aldehydes is 1. The van der Waals surface area contributed by atoms with Crippen molar-refractivity contribution in [2.24, 2.45) is 0 Å². The molecule has 0 spiro atoms. The summed E-state index contributed by atoms with van der Waals surface area (Å²) >= 11 is 0. The summed E-state index contributed by atoms with van der Waals surface area (Å²) in [5.74, 6) is 0.174. The molecule has 1 fully saturated rings. The lowest BCUT2D eigenvalue weighted by molar-refractivity contribution is -0.128. The molecule has 0 saturated carbocycles. The molecule has 0 aliphatic carbocycles. The Balaban J connectivity index is 2.36. The standard InChI is InChI=1S/C10H11NO3/c12-7-10(11-5-6-14-10)8-1-3-9(13)4-2-8/h1-4,7,11,13H,5-6H2. The van der Waals surface area contributed by atoms with Crippen LogP contribution in [0.15, 0.2) is 24.3 Å². The average Bonchev–Trinajstić information content (AvgIpc) is 2.68. The molecule has 1 heterocycles. The lowest BCUT2D eigenvalue weighted by Crippen LogP contribution is -2.39. The number of nitrogens with one attached hydrogen (secondary N) is 1. The molecular formula is C10H11NO3. The molecule has 0 amide bonds. The van der Waals surface area contributed by atoms with E-state index in [0.29, 0.717) is 18.7 Å². The summed E-state index contributed by atoms with van der Waals surface area (Å²) in [6.45, 7) is 1.17. The van der Waals surface area contributed by atoms with E-state index in [1.807, 2.05) is 0 Å². The summed E-state index contributed by atoms with van der Waals surface area (Å²) in [6.07, 6.45) is 0.742. The number of ether oxygens (including phenoxy) is 1. The number of carbonyl (C=O) groups excluding carboxylic acids is 1. The Morgan fingerprint density at radius 1 is 1.43 bits per heavy atom. The van der Waals surface area contributed by atoms with Gasteiger partial charge in [0.15, 0.2) is 6.29 Å². The van der Waals surface area contributed by atoms with E-state index in [-0.39, 0.29) is 5.75 Å². The molecule has 14 heavy (non-hydrogen) atoms. The zero-order valence-corrected chi connectivity index (χ0v) is 7.56. The highest BCUT2D eigenvalue weighted by molar-refractivity contribution is 5.66. The molecule has 2 N–H and O–H groups in total. The van der Waals surface area contributed by atoms with Crippen LogP contribution in [-0.4, -0.2) is 24.5 Å². The van der Waals surface area contributed by atoms with Gasteiger partial charge < -0.3 is 9.84 Å². The Bertz CT molecular complexity index is 328. The summed E-state index contributed by atoms with van der Waals surface area (Å²) in [4.78, 5) is 11.0. The largest absolute Gasteiger partial charge is 0.508 e. The van der Waals surface area contributed by atoms with E-state index in [2.05, 4.69) is 5.32 Å². The molecule has 0 radical (unpaired) electrons. The molecule has 1 unspecified atom stereocenters.